The minimum absolute atomic E-state index is 0.0385. The number of ether oxygens (including phenoxy) is 1. The summed E-state index contributed by atoms with van der Waals surface area (Å²) >= 11 is 0. The molecule has 4 aromatic rings. The van der Waals surface area contributed by atoms with Crippen LogP contribution in [0, 0.1) is 5.92 Å². The number of aromatic nitrogens is 4. The van der Waals surface area contributed by atoms with E-state index >= 15 is 0 Å². The van der Waals surface area contributed by atoms with Gasteiger partial charge in [0.15, 0.2) is 11.2 Å². The fourth-order valence-corrected chi connectivity index (χ4v) is 5.81. The van der Waals surface area contributed by atoms with Gasteiger partial charge in [0.25, 0.3) is 5.56 Å². The third-order valence-electron chi connectivity index (χ3n) is 7.79. The van der Waals surface area contributed by atoms with Gasteiger partial charge in [-0.05, 0) is 30.5 Å². The fourth-order valence-electron chi connectivity index (χ4n) is 5.81. The Morgan fingerprint density at radius 2 is 1.77 bits per heavy atom. The third-order valence-corrected chi connectivity index (χ3v) is 7.79. The number of rotatable bonds is 9. The van der Waals surface area contributed by atoms with Crippen molar-refractivity contribution in [3.05, 3.63) is 112 Å². The third kappa shape index (κ3) is 5.69. The number of hydrogen-bond acceptors (Lipinski definition) is 7. The van der Waals surface area contributed by atoms with Crippen molar-refractivity contribution in [1.29, 1.82) is 0 Å². The number of carbonyl (C=O) groups excluding carboxylic acids is 1. The van der Waals surface area contributed by atoms with E-state index in [0.29, 0.717) is 13.1 Å². The monoisotopic (exact) mass is 582 g/mol. The first-order chi connectivity index (χ1) is 20.8. The molecule has 3 N–H and O–H groups in total. The largest absolute Gasteiger partial charge is 0.394 e. The first-order valence-electron chi connectivity index (χ1n) is 14.5. The number of imidazole rings is 1. The van der Waals surface area contributed by atoms with Crippen LogP contribution in [-0.4, -0.2) is 61.2 Å². The molecular formula is C33H38N6O4. The number of benzene rings is 2. The number of amides is 1. The molecule has 0 spiro atoms. The number of allylic oxidation sites excluding steroid dienone is 2. The second-order valence-electron chi connectivity index (χ2n) is 10.9. The lowest BCUT2D eigenvalue weighted by Gasteiger charge is -2.51. The van der Waals surface area contributed by atoms with Crippen molar-refractivity contribution in [1.82, 2.24) is 24.4 Å². The van der Waals surface area contributed by atoms with E-state index in [9.17, 15) is 14.7 Å². The number of nitrogens with zero attached hydrogens (tertiary/aromatic N) is 4. The Kier molecular flexibility index (Phi) is 9.00. The van der Waals surface area contributed by atoms with Gasteiger partial charge in [0.2, 0.25) is 11.9 Å². The van der Waals surface area contributed by atoms with Crippen LogP contribution in [0.5, 0.6) is 0 Å². The molecule has 1 aliphatic rings. The number of aromatic amines is 1. The van der Waals surface area contributed by atoms with Gasteiger partial charge in [0.1, 0.15) is 6.23 Å². The zero-order valence-electron chi connectivity index (χ0n) is 24.9. The number of hydrogen-bond donors (Lipinski definition) is 3. The predicted octanol–water partition coefficient (Wildman–Crippen LogP) is 4.37. The molecule has 0 saturated carbocycles. The van der Waals surface area contributed by atoms with E-state index in [1.54, 1.807) is 18.4 Å². The SMILES string of the molecule is C/C=C\C(=C/C)C(c1ccccc1)(c1ccccc1)N1C[C@@H](CO)O[C@@H](n2cnc3c(=O)[nH]c(NC(=O)C(C)C)nc32)C1. The molecular weight excluding hydrogens is 544 g/mol. The van der Waals surface area contributed by atoms with Crippen LogP contribution >= 0.6 is 0 Å². The topological polar surface area (TPSA) is 125 Å². The highest BCUT2D eigenvalue weighted by Gasteiger charge is 2.46. The Balaban J connectivity index is 1.68. The van der Waals surface area contributed by atoms with Crippen molar-refractivity contribution in [3.8, 4) is 0 Å². The Labute approximate surface area is 250 Å². The summed E-state index contributed by atoms with van der Waals surface area (Å²) in [6, 6.07) is 20.6. The lowest BCUT2D eigenvalue weighted by molar-refractivity contribution is -0.148. The number of anilines is 1. The van der Waals surface area contributed by atoms with Crippen molar-refractivity contribution in [2.24, 2.45) is 5.92 Å². The summed E-state index contributed by atoms with van der Waals surface area (Å²) in [7, 11) is 0. The average Bonchev–Trinajstić information content (AvgIpc) is 3.46. The lowest BCUT2D eigenvalue weighted by Crippen LogP contribution is -2.57. The van der Waals surface area contributed by atoms with Crippen LogP contribution in [0.1, 0.15) is 45.0 Å². The van der Waals surface area contributed by atoms with Crippen LogP contribution in [0.4, 0.5) is 5.95 Å². The van der Waals surface area contributed by atoms with Crippen LogP contribution in [-0.2, 0) is 15.1 Å². The van der Waals surface area contributed by atoms with Crippen molar-refractivity contribution in [2.75, 3.05) is 25.0 Å². The maximum atomic E-state index is 12.9. The number of nitrogens with one attached hydrogen (secondary N) is 2. The second-order valence-corrected chi connectivity index (χ2v) is 10.9. The van der Waals surface area contributed by atoms with Crippen LogP contribution in [0.3, 0.4) is 0 Å². The normalized spacial score (nSPS) is 18.5. The van der Waals surface area contributed by atoms with E-state index in [1.165, 1.54) is 6.33 Å². The molecule has 1 aliphatic heterocycles. The molecule has 1 amide bonds. The molecule has 2 aromatic carbocycles. The van der Waals surface area contributed by atoms with Crippen molar-refractivity contribution in [2.45, 2.75) is 45.6 Å². The first-order valence-corrected chi connectivity index (χ1v) is 14.5. The van der Waals surface area contributed by atoms with Gasteiger partial charge in [-0.15, -0.1) is 0 Å². The first kappa shape index (κ1) is 30.1. The highest BCUT2D eigenvalue weighted by Crippen LogP contribution is 2.45. The van der Waals surface area contributed by atoms with E-state index in [4.69, 9.17) is 4.74 Å². The Bertz CT molecular complexity index is 1640. The second kappa shape index (κ2) is 12.9. The van der Waals surface area contributed by atoms with Gasteiger partial charge < -0.3 is 9.84 Å². The van der Waals surface area contributed by atoms with Crippen LogP contribution in [0.25, 0.3) is 11.2 Å². The van der Waals surface area contributed by atoms with Crippen molar-refractivity contribution in [3.63, 3.8) is 0 Å². The summed E-state index contributed by atoms with van der Waals surface area (Å²) in [5.74, 6) is -0.530. The van der Waals surface area contributed by atoms with Crippen LogP contribution in [0.2, 0.25) is 0 Å². The zero-order chi connectivity index (χ0) is 30.6. The van der Waals surface area contributed by atoms with Crippen LogP contribution in [0.15, 0.2) is 95.6 Å². The van der Waals surface area contributed by atoms with Gasteiger partial charge in [-0.2, -0.15) is 4.98 Å². The van der Waals surface area contributed by atoms with Gasteiger partial charge in [-0.3, -0.25) is 29.4 Å². The summed E-state index contributed by atoms with van der Waals surface area (Å²) in [4.78, 5) is 39.1. The molecule has 0 bridgehead atoms. The Hall–Kier alpha value is -4.38. The standard InChI is InChI=1S/C33H38N6O4/c1-5-13-23(6-2)33(24-14-9-7-10-15-24,25-16-11-8-12-17-25)38-18-26(20-40)43-27(19-38)39-21-34-28-29(39)35-32(37-31(28)42)36-30(41)22(3)4/h5-17,21-22,26-27,40H,18-20H2,1-4H3,(H2,35,36,37,41,42)/b13-5-,23-6+/t26-,27+/m0/s1. The molecule has 224 valence electrons. The molecule has 1 fully saturated rings. The molecule has 10 heteroatoms. The summed E-state index contributed by atoms with van der Waals surface area (Å²) in [5.41, 5.74) is 2.38. The molecule has 0 unspecified atom stereocenters. The fraction of sp³-hybridized carbons (Fsp3) is 0.333. The van der Waals surface area contributed by atoms with Crippen molar-refractivity contribution >= 4 is 23.0 Å². The molecule has 10 nitrogen and oxygen atoms in total. The number of aliphatic hydroxyl groups excluding tert-OH is 1. The quantitative estimate of drug-likeness (QED) is 0.250. The zero-order valence-corrected chi connectivity index (χ0v) is 24.9. The van der Waals surface area contributed by atoms with E-state index in [0.717, 1.165) is 16.7 Å². The van der Waals surface area contributed by atoms with Gasteiger partial charge in [-0.25, -0.2) is 4.98 Å². The van der Waals surface area contributed by atoms with Gasteiger partial charge in [0, 0.05) is 19.0 Å². The molecule has 1 saturated heterocycles. The lowest BCUT2D eigenvalue weighted by atomic mass is 9.74. The maximum Gasteiger partial charge on any atom is 0.280 e. The molecule has 0 radical (unpaired) electrons. The van der Waals surface area contributed by atoms with Crippen molar-refractivity contribution < 1.29 is 14.6 Å². The number of H-pyrrole nitrogens is 1. The smallest absolute Gasteiger partial charge is 0.280 e. The number of morpholine rings is 1. The summed E-state index contributed by atoms with van der Waals surface area (Å²) in [5, 5.41) is 13.1. The minimum atomic E-state index is -0.739. The summed E-state index contributed by atoms with van der Waals surface area (Å²) in [6.07, 6.45) is 6.59. The molecule has 3 heterocycles. The van der Waals surface area contributed by atoms with Gasteiger partial charge in [-0.1, -0.05) is 92.7 Å². The Morgan fingerprint density at radius 3 is 2.33 bits per heavy atom. The number of aliphatic hydroxyl groups is 1. The van der Waals surface area contributed by atoms with E-state index in [-0.39, 0.29) is 35.5 Å². The minimum Gasteiger partial charge on any atom is -0.394 e. The van der Waals surface area contributed by atoms with E-state index in [1.807, 2.05) is 56.3 Å². The van der Waals surface area contributed by atoms with Gasteiger partial charge >= 0.3 is 0 Å². The maximum absolute atomic E-state index is 12.9. The number of fused-ring (bicyclic) bond motifs is 1. The predicted molar refractivity (Wildman–Crippen MR) is 166 cm³/mol. The molecule has 5 rings (SSSR count). The van der Waals surface area contributed by atoms with E-state index in [2.05, 4.69) is 61.6 Å². The van der Waals surface area contributed by atoms with Crippen LogP contribution < -0.4 is 10.9 Å². The molecule has 43 heavy (non-hydrogen) atoms. The summed E-state index contributed by atoms with van der Waals surface area (Å²) < 4.78 is 8.12. The molecule has 2 aromatic heterocycles. The summed E-state index contributed by atoms with van der Waals surface area (Å²) in [6.45, 7) is 8.15. The van der Waals surface area contributed by atoms with E-state index < -0.39 is 23.4 Å². The Morgan fingerprint density at radius 1 is 1.12 bits per heavy atom. The number of carbonyl (C=O) groups is 1. The molecule has 2 atom stereocenters. The highest BCUT2D eigenvalue weighted by atomic mass is 16.5. The highest BCUT2D eigenvalue weighted by molar-refractivity contribution is 5.91. The molecule has 0 aliphatic carbocycles. The average molecular weight is 583 g/mol. The van der Waals surface area contributed by atoms with Gasteiger partial charge in [0.05, 0.1) is 24.6 Å².